The van der Waals surface area contributed by atoms with Crippen molar-refractivity contribution in [3.05, 3.63) is 59.2 Å². The van der Waals surface area contributed by atoms with E-state index in [9.17, 15) is 18.0 Å². The first kappa shape index (κ1) is 18.1. The molecular weight excluding hydrogens is 349 g/mol. The first-order chi connectivity index (χ1) is 12.3. The van der Waals surface area contributed by atoms with Gasteiger partial charge in [0.2, 0.25) is 0 Å². The minimum atomic E-state index is -4.37. The van der Waals surface area contributed by atoms with Gasteiger partial charge in [0.25, 0.3) is 5.91 Å². The van der Waals surface area contributed by atoms with Crippen LogP contribution in [-0.4, -0.2) is 23.8 Å². The third kappa shape index (κ3) is 3.60. The average molecular weight is 366 g/mol. The Morgan fingerprint density at radius 1 is 1.23 bits per heavy atom. The molecule has 1 aliphatic heterocycles. The number of halogens is 3. The lowest BCUT2D eigenvalue weighted by Gasteiger charge is -2.28. The first-order valence-corrected chi connectivity index (χ1v) is 7.93. The molecule has 0 aliphatic carbocycles. The van der Waals surface area contributed by atoms with Crippen molar-refractivity contribution in [3.8, 4) is 5.75 Å². The Labute approximate surface area is 148 Å². The summed E-state index contributed by atoms with van der Waals surface area (Å²) >= 11 is 0. The molecule has 2 aromatic rings. The highest BCUT2D eigenvalue weighted by molar-refractivity contribution is 5.93. The molecule has 3 rings (SSSR count). The summed E-state index contributed by atoms with van der Waals surface area (Å²) in [6.45, 7) is 2.63. The van der Waals surface area contributed by atoms with Crippen LogP contribution in [0.1, 0.15) is 28.4 Å². The summed E-state index contributed by atoms with van der Waals surface area (Å²) in [6, 6.07) is 9.70. The van der Waals surface area contributed by atoms with Gasteiger partial charge in [-0.05, 0) is 43.3 Å². The van der Waals surface area contributed by atoms with Crippen molar-refractivity contribution in [2.45, 2.75) is 25.7 Å². The van der Waals surface area contributed by atoms with Crippen molar-refractivity contribution in [1.82, 2.24) is 5.48 Å². The maximum atomic E-state index is 12.7. The minimum Gasteiger partial charge on any atom is -0.491 e. The number of rotatable bonds is 2. The molecule has 0 radical (unpaired) electrons. The van der Waals surface area contributed by atoms with Crippen LogP contribution < -0.4 is 15.1 Å². The molecule has 2 N–H and O–H groups in total. The molecule has 5 nitrogen and oxygen atoms in total. The molecule has 1 aliphatic rings. The van der Waals surface area contributed by atoms with Crippen LogP contribution in [0.5, 0.6) is 5.75 Å². The molecule has 0 saturated heterocycles. The van der Waals surface area contributed by atoms with E-state index in [0.717, 1.165) is 17.7 Å². The van der Waals surface area contributed by atoms with Crippen LogP contribution in [0.15, 0.2) is 42.5 Å². The summed E-state index contributed by atoms with van der Waals surface area (Å²) in [7, 11) is 0. The van der Waals surface area contributed by atoms with Gasteiger partial charge in [-0.2, -0.15) is 13.2 Å². The SMILES string of the molecule is C[C@H]1COc2cc(C(=O)NO)ccc2CN1c1ccc(C(F)(F)F)cc1. The van der Waals surface area contributed by atoms with Gasteiger partial charge in [0.05, 0.1) is 11.6 Å². The first-order valence-electron chi connectivity index (χ1n) is 7.93. The number of amides is 1. The Bertz CT molecular complexity index is 806. The molecule has 0 bridgehead atoms. The lowest BCUT2D eigenvalue weighted by Crippen LogP contribution is -2.34. The molecule has 8 heteroatoms. The Morgan fingerprint density at radius 2 is 1.92 bits per heavy atom. The van der Waals surface area contributed by atoms with Gasteiger partial charge in [0, 0.05) is 23.4 Å². The molecule has 26 heavy (non-hydrogen) atoms. The summed E-state index contributed by atoms with van der Waals surface area (Å²) in [6.07, 6.45) is -4.37. The molecule has 0 spiro atoms. The Balaban J connectivity index is 1.89. The number of fused-ring (bicyclic) bond motifs is 1. The van der Waals surface area contributed by atoms with Crippen LogP contribution in [0.2, 0.25) is 0 Å². The largest absolute Gasteiger partial charge is 0.491 e. The van der Waals surface area contributed by atoms with Gasteiger partial charge in [-0.3, -0.25) is 10.0 Å². The fourth-order valence-electron chi connectivity index (χ4n) is 2.85. The second-order valence-corrected chi connectivity index (χ2v) is 6.10. The number of hydroxylamine groups is 1. The number of nitrogens with one attached hydrogen (secondary N) is 1. The van der Waals surface area contributed by atoms with E-state index in [0.29, 0.717) is 24.6 Å². The number of hydrogen-bond acceptors (Lipinski definition) is 4. The third-order valence-electron chi connectivity index (χ3n) is 4.31. The van der Waals surface area contributed by atoms with Gasteiger partial charge in [-0.1, -0.05) is 6.07 Å². The predicted octanol–water partition coefficient (Wildman–Crippen LogP) is 3.61. The maximum Gasteiger partial charge on any atom is 0.416 e. The second kappa shape index (κ2) is 6.87. The number of carbonyl (C=O) groups excluding carboxylic acids is 1. The summed E-state index contributed by atoms with van der Waals surface area (Å²) in [5, 5.41) is 8.73. The van der Waals surface area contributed by atoms with Crippen molar-refractivity contribution in [1.29, 1.82) is 0 Å². The van der Waals surface area contributed by atoms with Gasteiger partial charge < -0.3 is 9.64 Å². The number of ether oxygens (including phenoxy) is 1. The number of anilines is 1. The molecule has 1 heterocycles. The van der Waals surface area contributed by atoms with Crippen molar-refractivity contribution in [2.75, 3.05) is 11.5 Å². The topological polar surface area (TPSA) is 61.8 Å². The molecule has 0 unspecified atom stereocenters. The molecule has 138 valence electrons. The lowest BCUT2D eigenvalue weighted by molar-refractivity contribution is -0.137. The molecule has 0 fully saturated rings. The van der Waals surface area contributed by atoms with Crippen molar-refractivity contribution < 1.29 is 27.9 Å². The van der Waals surface area contributed by atoms with Crippen LogP contribution in [-0.2, 0) is 12.7 Å². The number of hydrogen-bond donors (Lipinski definition) is 2. The summed E-state index contributed by atoms with van der Waals surface area (Å²) in [4.78, 5) is 13.5. The minimum absolute atomic E-state index is 0.0887. The monoisotopic (exact) mass is 366 g/mol. The standard InChI is InChI=1S/C18H17F3N2O3/c1-11-10-26-16-8-12(17(24)22-25)2-3-13(16)9-23(11)15-6-4-14(5-7-15)18(19,20)21/h2-8,11,25H,9-10H2,1H3,(H,22,24)/t11-/m0/s1. The zero-order chi connectivity index (χ0) is 18.9. The molecular formula is C18H17F3N2O3. The second-order valence-electron chi connectivity index (χ2n) is 6.10. The molecule has 1 atom stereocenters. The summed E-state index contributed by atoms with van der Waals surface area (Å²) < 4.78 is 44.0. The smallest absolute Gasteiger partial charge is 0.416 e. The van der Waals surface area contributed by atoms with Gasteiger partial charge >= 0.3 is 6.18 Å². The fraction of sp³-hybridized carbons (Fsp3) is 0.278. The molecule has 0 saturated carbocycles. The van der Waals surface area contributed by atoms with Gasteiger partial charge in [0.1, 0.15) is 12.4 Å². The van der Waals surface area contributed by atoms with Gasteiger partial charge in [0.15, 0.2) is 0 Å². The molecule has 2 aromatic carbocycles. The average Bonchev–Trinajstić information content (AvgIpc) is 2.79. The van der Waals surface area contributed by atoms with E-state index < -0.39 is 17.6 Å². The van der Waals surface area contributed by atoms with Crippen LogP contribution in [0, 0.1) is 0 Å². The van der Waals surface area contributed by atoms with Gasteiger partial charge in [-0.25, -0.2) is 5.48 Å². The highest BCUT2D eigenvalue weighted by atomic mass is 19.4. The fourth-order valence-corrected chi connectivity index (χ4v) is 2.85. The highest BCUT2D eigenvalue weighted by Crippen LogP contribution is 2.33. The van der Waals surface area contributed by atoms with E-state index in [1.54, 1.807) is 17.6 Å². The van der Waals surface area contributed by atoms with E-state index in [2.05, 4.69) is 0 Å². The van der Waals surface area contributed by atoms with Crippen LogP contribution in [0.3, 0.4) is 0 Å². The lowest BCUT2D eigenvalue weighted by atomic mass is 10.1. The number of nitrogens with zero attached hydrogens (tertiary/aromatic N) is 1. The van der Waals surface area contributed by atoms with Crippen molar-refractivity contribution in [3.63, 3.8) is 0 Å². The Morgan fingerprint density at radius 3 is 2.54 bits per heavy atom. The van der Waals surface area contributed by atoms with Gasteiger partial charge in [-0.15, -0.1) is 0 Å². The summed E-state index contributed by atoms with van der Waals surface area (Å²) in [5.74, 6) is -0.138. The van der Waals surface area contributed by atoms with Crippen molar-refractivity contribution >= 4 is 11.6 Å². The number of alkyl halides is 3. The van der Waals surface area contributed by atoms with E-state index in [1.807, 2.05) is 11.8 Å². The van der Waals surface area contributed by atoms with Crippen molar-refractivity contribution in [2.24, 2.45) is 0 Å². The Hall–Kier alpha value is -2.74. The quantitative estimate of drug-likeness (QED) is 0.630. The van der Waals surface area contributed by atoms with Crippen LogP contribution in [0.25, 0.3) is 0 Å². The van der Waals surface area contributed by atoms with E-state index >= 15 is 0 Å². The maximum absolute atomic E-state index is 12.7. The number of benzene rings is 2. The molecule has 0 aromatic heterocycles. The molecule has 1 amide bonds. The van der Waals surface area contributed by atoms with Crippen LogP contribution in [0.4, 0.5) is 18.9 Å². The zero-order valence-corrected chi connectivity index (χ0v) is 13.9. The summed E-state index contributed by atoms with van der Waals surface area (Å²) in [5.41, 5.74) is 2.57. The zero-order valence-electron chi connectivity index (χ0n) is 13.9. The third-order valence-corrected chi connectivity index (χ3v) is 4.31. The van der Waals surface area contributed by atoms with E-state index in [1.165, 1.54) is 18.2 Å². The van der Waals surface area contributed by atoms with Crippen LogP contribution >= 0.6 is 0 Å². The Kier molecular flexibility index (Phi) is 4.78. The number of carbonyl (C=O) groups is 1. The predicted molar refractivity (Wildman–Crippen MR) is 88.3 cm³/mol. The van der Waals surface area contributed by atoms with E-state index in [-0.39, 0.29) is 11.6 Å². The normalized spacial score (nSPS) is 17.1. The van der Waals surface area contributed by atoms with E-state index in [4.69, 9.17) is 9.94 Å². The highest BCUT2D eigenvalue weighted by Gasteiger charge is 2.30.